The van der Waals surface area contributed by atoms with E-state index in [0.29, 0.717) is 5.57 Å². The predicted octanol–water partition coefficient (Wildman–Crippen LogP) is 0.194. The Morgan fingerprint density at radius 2 is 1.92 bits per heavy atom. The number of nitrogens with zero attached hydrogens (tertiary/aromatic N) is 1. The first-order valence-electron chi connectivity index (χ1n) is 3.48. The minimum atomic E-state index is -0.537. The Hall–Kier alpha value is -1.32. The van der Waals surface area contributed by atoms with Crippen molar-refractivity contribution in [3.05, 3.63) is 12.2 Å². The maximum absolute atomic E-state index is 10.9. The summed E-state index contributed by atoms with van der Waals surface area (Å²) in [5.41, 5.74) is 0.293. The third-order valence-corrected chi connectivity index (χ3v) is 1.17. The number of carbonyl (C=O) groups is 2. The van der Waals surface area contributed by atoms with E-state index >= 15 is 0 Å². The molecule has 1 amide bonds. The zero-order valence-electron chi connectivity index (χ0n) is 7.59. The number of amides is 1. The van der Waals surface area contributed by atoms with Crippen molar-refractivity contribution in [2.45, 2.75) is 6.92 Å². The lowest BCUT2D eigenvalue weighted by Crippen LogP contribution is -2.27. The van der Waals surface area contributed by atoms with Crippen LogP contribution in [0.1, 0.15) is 6.92 Å². The Bertz CT molecular complexity index is 208. The summed E-state index contributed by atoms with van der Waals surface area (Å²) in [5.74, 6) is -0.783. The first-order valence-corrected chi connectivity index (χ1v) is 3.48. The Kier molecular flexibility index (Phi) is 4.04. The molecule has 68 valence electrons. The van der Waals surface area contributed by atoms with Crippen molar-refractivity contribution in [1.82, 2.24) is 4.90 Å². The van der Waals surface area contributed by atoms with Crippen LogP contribution < -0.4 is 0 Å². The van der Waals surface area contributed by atoms with Crippen molar-refractivity contribution in [3.63, 3.8) is 0 Å². The Morgan fingerprint density at radius 3 is 2.25 bits per heavy atom. The van der Waals surface area contributed by atoms with Crippen molar-refractivity contribution in [1.29, 1.82) is 0 Å². The van der Waals surface area contributed by atoms with Crippen LogP contribution in [0.15, 0.2) is 12.2 Å². The molecule has 4 heteroatoms. The molecule has 0 aromatic rings. The Balaban J connectivity index is 3.77. The van der Waals surface area contributed by atoms with Crippen LogP contribution in [-0.2, 0) is 14.3 Å². The molecule has 0 unspecified atom stereocenters. The van der Waals surface area contributed by atoms with E-state index in [-0.39, 0.29) is 12.5 Å². The number of hydrogen-bond acceptors (Lipinski definition) is 3. The third kappa shape index (κ3) is 3.75. The highest BCUT2D eigenvalue weighted by Crippen LogP contribution is 1.92. The molecule has 0 spiro atoms. The number of carbonyl (C=O) groups excluding carboxylic acids is 2. The molecular formula is C8H13NO3. The zero-order chi connectivity index (χ0) is 9.72. The molecule has 4 nitrogen and oxygen atoms in total. The van der Waals surface area contributed by atoms with Crippen molar-refractivity contribution in [2.75, 3.05) is 20.7 Å². The zero-order valence-corrected chi connectivity index (χ0v) is 7.59. The molecule has 0 atom stereocenters. The summed E-state index contributed by atoms with van der Waals surface area (Å²) in [6.45, 7) is 4.69. The fourth-order valence-corrected chi connectivity index (χ4v) is 0.380. The van der Waals surface area contributed by atoms with E-state index in [9.17, 15) is 9.59 Å². The molecule has 0 aliphatic carbocycles. The SMILES string of the molecule is C=C(C)C(=O)OCC(=O)N(C)C. The van der Waals surface area contributed by atoms with E-state index in [2.05, 4.69) is 11.3 Å². The molecule has 0 saturated carbocycles. The topological polar surface area (TPSA) is 46.6 Å². The van der Waals surface area contributed by atoms with Gasteiger partial charge in [0.15, 0.2) is 6.61 Å². The second-order valence-corrected chi connectivity index (χ2v) is 2.64. The smallest absolute Gasteiger partial charge is 0.333 e. The first-order chi connectivity index (χ1) is 5.45. The van der Waals surface area contributed by atoms with Crippen LogP contribution in [0.2, 0.25) is 0 Å². The van der Waals surface area contributed by atoms with Crippen LogP contribution in [0.25, 0.3) is 0 Å². The average Bonchev–Trinajstić information content (AvgIpc) is 1.98. The maximum Gasteiger partial charge on any atom is 0.333 e. The molecule has 0 aliphatic rings. The lowest BCUT2D eigenvalue weighted by atomic mass is 10.4. The number of rotatable bonds is 3. The fraction of sp³-hybridized carbons (Fsp3) is 0.500. The van der Waals surface area contributed by atoms with Crippen molar-refractivity contribution in [2.24, 2.45) is 0 Å². The molecule has 0 aromatic heterocycles. The maximum atomic E-state index is 10.9. The highest BCUT2D eigenvalue weighted by molar-refractivity contribution is 5.89. The lowest BCUT2D eigenvalue weighted by Gasteiger charge is -2.09. The van der Waals surface area contributed by atoms with E-state index in [1.54, 1.807) is 14.1 Å². The molecule has 0 N–H and O–H groups in total. The molecule has 0 bridgehead atoms. The van der Waals surface area contributed by atoms with Crippen LogP contribution >= 0.6 is 0 Å². The summed E-state index contributed by atoms with van der Waals surface area (Å²) in [5, 5.41) is 0. The summed E-state index contributed by atoms with van der Waals surface area (Å²) in [6.07, 6.45) is 0. The highest BCUT2D eigenvalue weighted by Gasteiger charge is 2.08. The van der Waals surface area contributed by atoms with Gasteiger partial charge in [0, 0.05) is 19.7 Å². The predicted molar refractivity (Wildman–Crippen MR) is 44.5 cm³/mol. The van der Waals surface area contributed by atoms with Crippen molar-refractivity contribution < 1.29 is 14.3 Å². The second kappa shape index (κ2) is 4.54. The summed E-state index contributed by atoms with van der Waals surface area (Å²) in [4.78, 5) is 23.0. The molecule has 0 heterocycles. The van der Waals surface area contributed by atoms with Gasteiger partial charge in [-0.3, -0.25) is 4.79 Å². The summed E-state index contributed by atoms with van der Waals surface area (Å²) < 4.78 is 4.60. The number of ether oxygens (including phenoxy) is 1. The Labute approximate surface area is 71.8 Å². The minimum Gasteiger partial charge on any atom is -0.452 e. The highest BCUT2D eigenvalue weighted by atomic mass is 16.5. The lowest BCUT2D eigenvalue weighted by molar-refractivity contribution is -0.147. The monoisotopic (exact) mass is 171 g/mol. The van der Waals surface area contributed by atoms with Crippen LogP contribution in [-0.4, -0.2) is 37.5 Å². The molecule has 0 rings (SSSR count). The summed E-state index contributed by atoms with van der Waals surface area (Å²) >= 11 is 0. The summed E-state index contributed by atoms with van der Waals surface area (Å²) in [6, 6.07) is 0. The third-order valence-electron chi connectivity index (χ3n) is 1.17. The number of likely N-dealkylation sites (N-methyl/N-ethyl adjacent to an activating group) is 1. The van der Waals surface area contributed by atoms with Gasteiger partial charge in [-0.25, -0.2) is 4.79 Å². The Morgan fingerprint density at radius 1 is 1.42 bits per heavy atom. The average molecular weight is 171 g/mol. The van der Waals surface area contributed by atoms with Crippen molar-refractivity contribution >= 4 is 11.9 Å². The molecular weight excluding hydrogens is 158 g/mol. The van der Waals surface area contributed by atoms with Gasteiger partial charge in [0.2, 0.25) is 0 Å². The van der Waals surface area contributed by atoms with E-state index in [4.69, 9.17) is 0 Å². The largest absolute Gasteiger partial charge is 0.452 e. The molecule has 0 aliphatic heterocycles. The molecule has 0 aromatic carbocycles. The van der Waals surface area contributed by atoms with Gasteiger partial charge in [-0.2, -0.15) is 0 Å². The molecule has 12 heavy (non-hydrogen) atoms. The van der Waals surface area contributed by atoms with E-state index < -0.39 is 5.97 Å². The van der Waals surface area contributed by atoms with Gasteiger partial charge in [-0.1, -0.05) is 6.58 Å². The van der Waals surface area contributed by atoms with Gasteiger partial charge in [-0.05, 0) is 6.92 Å². The van der Waals surface area contributed by atoms with E-state index in [1.165, 1.54) is 11.8 Å². The quantitative estimate of drug-likeness (QED) is 0.450. The molecule has 0 radical (unpaired) electrons. The number of esters is 1. The van der Waals surface area contributed by atoms with Gasteiger partial charge in [0.05, 0.1) is 0 Å². The minimum absolute atomic E-state index is 0.224. The van der Waals surface area contributed by atoms with Gasteiger partial charge in [-0.15, -0.1) is 0 Å². The van der Waals surface area contributed by atoms with Crippen molar-refractivity contribution in [3.8, 4) is 0 Å². The van der Waals surface area contributed by atoms with Gasteiger partial charge in [0.1, 0.15) is 0 Å². The number of hydrogen-bond donors (Lipinski definition) is 0. The van der Waals surface area contributed by atoms with Gasteiger partial charge in [0.25, 0.3) is 5.91 Å². The molecule has 0 fully saturated rings. The first kappa shape index (κ1) is 10.7. The van der Waals surface area contributed by atoms with E-state index in [1.807, 2.05) is 0 Å². The normalized spacial score (nSPS) is 8.92. The summed E-state index contributed by atoms with van der Waals surface area (Å²) in [7, 11) is 3.19. The van der Waals surface area contributed by atoms with E-state index in [0.717, 1.165) is 0 Å². The van der Waals surface area contributed by atoms with Crippen LogP contribution in [0, 0.1) is 0 Å². The standard InChI is InChI=1S/C8H13NO3/c1-6(2)8(11)12-5-7(10)9(3)4/h1,5H2,2-4H3. The van der Waals surface area contributed by atoms with Gasteiger partial charge >= 0.3 is 5.97 Å². The van der Waals surface area contributed by atoms with Crippen LogP contribution in [0.3, 0.4) is 0 Å². The fourth-order valence-electron chi connectivity index (χ4n) is 0.380. The van der Waals surface area contributed by atoms with Gasteiger partial charge < -0.3 is 9.64 Å². The van der Waals surface area contributed by atoms with Crippen LogP contribution in [0.5, 0.6) is 0 Å². The second-order valence-electron chi connectivity index (χ2n) is 2.64. The molecule has 0 saturated heterocycles. The van der Waals surface area contributed by atoms with Crippen LogP contribution in [0.4, 0.5) is 0 Å².